The van der Waals surface area contributed by atoms with Crippen LogP contribution >= 0.6 is 0 Å². The maximum atomic E-state index is 12.8. The lowest BCUT2D eigenvalue weighted by Crippen LogP contribution is -2.06. The summed E-state index contributed by atoms with van der Waals surface area (Å²) in [5.74, 6) is -1.85. The Labute approximate surface area is 88.4 Å². The van der Waals surface area contributed by atoms with E-state index in [1.807, 2.05) is 0 Å². The zero-order valence-corrected chi connectivity index (χ0v) is 7.88. The van der Waals surface area contributed by atoms with Crippen LogP contribution in [0.5, 0.6) is 0 Å². The lowest BCUT2D eigenvalue weighted by atomic mass is 10.1. The summed E-state index contributed by atoms with van der Waals surface area (Å²) in [5.41, 5.74) is 3.57. The van der Waals surface area contributed by atoms with Gasteiger partial charge >= 0.3 is 6.18 Å². The van der Waals surface area contributed by atoms with Crippen LogP contribution < -0.4 is 5.73 Å². The first-order chi connectivity index (χ1) is 7.29. The molecule has 0 aliphatic carbocycles. The molecular formula is C10H7F4NO. The Morgan fingerprint density at radius 1 is 1.25 bits per heavy atom. The molecule has 0 aliphatic heterocycles. The fourth-order valence-electron chi connectivity index (χ4n) is 1.05. The van der Waals surface area contributed by atoms with Gasteiger partial charge in [-0.1, -0.05) is 0 Å². The van der Waals surface area contributed by atoms with Crippen LogP contribution in [0.1, 0.15) is 11.1 Å². The van der Waals surface area contributed by atoms with Gasteiger partial charge < -0.3 is 5.73 Å². The molecule has 1 amide bonds. The fraction of sp³-hybridized carbons (Fsp3) is 0.100. The summed E-state index contributed by atoms with van der Waals surface area (Å²) in [7, 11) is 0. The lowest BCUT2D eigenvalue weighted by Gasteiger charge is -2.07. The number of rotatable bonds is 2. The van der Waals surface area contributed by atoms with Crippen LogP contribution in [-0.4, -0.2) is 5.91 Å². The minimum Gasteiger partial charge on any atom is -0.366 e. The molecule has 0 aliphatic rings. The monoisotopic (exact) mass is 233 g/mol. The third-order valence-corrected chi connectivity index (χ3v) is 1.69. The first-order valence-electron chi connectivity index (χ1n) is 4.14. The summed E-state index contributed by atoms with van der Waals surface area (Å²) >= 11 is 0. The predicted molar refractivity (Wildman–Crippen MR) is 49.6 cm³/mol. The van der Waals surface area contributed by atoms with Crippen LogP contribution in [-0.2, 0) is 11.0 Å². The van der Waals surface area contributed by atoms with Crippen LogP contribution in [0.3, 0.4) is 0 Å². The van der Waals surface area contributed by atoms with Crippen molar-refractivity contribution in [2.75, 3.05) is 0 Å². The second kappa shape index (κ2) is 4.34. The van der Waals surface area contributed by atoms with Crippen molar-refractivity contribution in [2.24, 2.45) is 5.73 Å². The van der Waals surface area contributed by atoms with Crippen molar-refractivity contribution >= 4 is 12.0 Å². The molecule has 1 aromatic rings. The van der Waals surface area contributed by atoms with Crippen LogP contribution in [0.25, 0.3) is 6.08 Å². The van der Waals surface area contributed by atoms with Crippen LogP contribution in [0.15, 0.2) is 24.3 Å². The number of benzene rings is 1. The lowest BCUT2D eigenvalue weighted by molar-refractivity contribution is -0.137. The molecule has 0 spiro atoms. The first kappa shape index (κ1) is 12.2. The summed E-state index contributed by atoms with van der Waals surface area (Å²) in [6.45, 7) is 0. The number of hydrogen-bond donors (Lipinski definition) is 1. The summed E-state index contributed by atoms with van der Waals surface area (Å²) < 4.78 is 49.6. The molecule has 0 saturated carbocycles. The third kappa shape index (κ3) is 3.38. The second-order valence-electron chi connectivity index (χ2n) is 3.01. The van der Waals surface area contributed by atoms with Gasteiger partial charge in [0.2, 0.25) is 5.91 Å². The van der Waals surface area contributed by atoms with E-state index in [2.05, 4.69) is 0 Å². The van der Waals surface area contributed by atoms with E-state index < -0.39 is 23.5 Å². The van der Waals surface area contributed by atoms with Gasteiger partial charge in [-0.2, -0.15) is 13.2 Å². The number of carbonyl (C=O) groups is 1. The molecular weight excluding hydrogens is 226 g/mol. The number of alkyl halides is 3. The molecule has 86 valence electrons. The maximum Gasteiger partial charge on any atom is 0.416 e. The highest BCUT2D eigenvalue weighted by atomic mass is 19.4. The maximum absolute atomic E-state index is 12.8. The number of nitrogens with two attached hydrogens (primary N) is 1. The second-order valence-corrected chi connectivity index (χ2v) is 3.01. The zero-order chi connectivity index (χ0) is 12.3. The van der Waals surface area contributed by atoms with Gasteiger partial charge in [0.15, 0.2) is 0 Å². The first-order valence-corrected chi connectivity index (χ1v) is 4.14. The Bertz CT molecular complexity index is 437. The largest absolute Gasteiger partial charge is 0.416 e. The molecule has 0 bridgehead atoms. The number of carbonyl (C=O) groups excluding carboxylic acids is 1. The van der Waals surface area contributed by atoms with Crippen molar-refractivity contribution < 1.29 is 22.4 Å². The summed E-state index contributed by atoms with van der Waals surface area (Å²) in [6.07, 6.45) is -2.76. The standard InChI is InChI=1S/C10H7F4NO/c11-8-4-6(1-2-9(15)16)3-7(5-8)10(12,13)14/h1-5H,(H2,15,16)/b2-1-. The Kier molecular flexibility index (Phi) is 3.31. The van der Waals surface area contributed by atoms with Gasteiger partial charge in [-0.3, -0.25) is 4.79 Å². The average Bonchev–Trinajstić information content (AvgIpc) is 2.12. The smallest absolute Gasteiger partial charge is 0.366 e. The number of halogens is 4. The van der Waals surface area contributed by atoms with Crippen LogP contribution in [0, 0.1) is 5.82 Å². The van der Waals surface area contributed by atoms with Gasteiger partial charge in [0.05, 0.1) is 5.56 Å². The Morgan fingerprint density at radius 3 is 2.38 bits per heavy atom. The quantitative estimate of drug-likeness (QED) is 0.618. The topological polar surface area (TPSA) is 43.1 Å². The number of hydrogen-bond acceptors (Lipinski definition) is 1. The zero-order valence-electron chi connectivity index (χ0n) is 7.88. The molecule has 0 heterocycles. The molecule has 0 atom stereocenters. The highest BCUT2D eigenvalue weighted by Crippen LogP contribution is 2.30. The molecule has 2 N–H and O–H groups in total. The molecule has 0 fully saturated rings. The van der Waals surface area contributed by atoms with E-state index in [1.165, 1.54) is 0 Å². The Balaban J connectivity index is 3.13. The molecule has 1 aromatic carbocycles. The van der Waals surface area contributed by atoms with Crippen molar-refractivity contribution in [3.63, 3.8) is 0 Å². The van der Waals surface area contributed by atoms with E-state index in [9.17, 15) is 22.4 Å². The molecule has 2 nitrogen and oxygen atoms in total. The molecule has 0 aromatic heterocycles. The summed E-state index contributed by atoms with van der Waals surface area (Å²) in [5, 5.41) is 0. The number of primary amides is 1. The molecule has 1 rings (SSSR count). The molecule has 6 heteroatoms. The summed E-state index contributed by atoms with van der Waals surface area (Å²) in [6, 6.07) is 1.97. The van der Waals surface area contributed by atoms with Crippen molar-refractivity contribution in [1.29, 1.82) is 0 Å². The van der Waals surface area contributed by atoms with E-state index in [-0.39, 0.29) is 5.56 Å². The van der Waals surface area contributed by atoms with Gasteiger partial charge in [0, 0.05) is 6.08 Å². The number of amides is 1. The SMILES string of the molecule is NC(=O)/C=C\c1cc(F)cc(C(F)(F)F)c1. The van der Waals surface area contributed by atoms with Crippen molar-refractivity contribution in [3.05, 3.63) is 41.2 Å². The van der Waals surface area contributed by atoms with Crippen molar-refractivity contribution in [3.8, 4) is 0 Å². The minimum atomic E-state index is -4.63. The van der Waals surface area contributed by atoms with Gasteiger partial charge in [-0.05, 0) is 29.8 Å². The average molecular weight is 233 g/mol. The Morgan fingerprint density at radius 2 is 1.88 bits per heavy atom. The van der Waals surface area contributed by atoms with E-state index in [0.29, 0.717) is 6.07 Å². The summed E-state index contributed by atoms with van der Waals surface area (Å²) in [4.78, 5) is 10.4. The molecule has 16 heavy (non-hydrogen) atoms. The van der Waals surface area contributed by atoms with Crippen LogP contribution in [0.2, 0.25) is 0 Å². The third-order valence-electron chi connectivity index (χ3n) is 1.69. The van der Waals surface area contributed by atoms with E-state index in [1.54, 1.807) is 0 Å². The van der Waals surface area contributed by atoms with Crippen molar-refractivity contribution in [2.45, 2.75) is 6.18 Å². The van der Waals surface area contributed by atoms with E-state index in [4.69, 9.17) is 5.73 Å². The molecule has 0 saturated heterocycles. The predicted octanol–water partition coefficient (Wildman–Crippen LogP) is 2.34. The van der Waals surface area contributed by atoms with Gasteiger partial charge in [0.1, 0.15) is 5.82 Å². The van der Waals surface area contributed by atoms with Crippen molar-refractivity contribution in [1.82, 2.24) is 0 Å². The fourth-order valence-corrected chi connectivity index (χ4v) is 1.05. The molecule has 0 unspecified atom stereocenters. The van der Waals surface area contributed by atoms with Gasteiger partial charge in [-0.15, -0.1) is 0 Å². The highest BCUT2D eigenvalue weighted by molar-refractivity contribution is 5.90. The van der Waals surface area contributed by atoms with E-state index >= 15 is 0 Å². The highest BCUT2D eigenvalue weighted by Gasteiger charge is 2.31. The Hall–Kier alpha value is -1.85. The van der Waals surface area contributed by atoms with Gasteiger partial charge in [0.25, 0.3) is 0 Å². The minimum absolute atomic E-state index is 0.0777. The normalized spacial score (nSPS) is 12.0. The molecule has 0 radical (unpaired) electrons. The van der Waals surface area contributed by atoms with Crippen LogP contribution in [0.4, 0.5) is 17.6 Å². The van der Waals surface area contributed by atoms with E-state index in [0.717, 1.165) is 24.3 Å². The van der Waals surface area contributed by atoms with Gasteiger partial charge in [-0.25, -0.2) is 4.39 Å².